The van der Waals surface area contributed by atoms with Crippen molar-refractivity contribution >= 4 is 12.6 Å². The number of hydrogen-bond donors (Lipinski definition) is 1. The van der Waals surface area contributed by atoms with Crippen LogP contribution in [0.15, 0.2) is 0 Å². The van der Waals surface area contributed by atoms with E-state index >= 15 is 0 Å². The van der Waals surface area contributed by atoms with E-state index in [4.69, 9.17) is 0 Å². The maximum atomic E-state index is 4.24. The molecule has 0 aromatic carbocycles. The number of thiol groups is 1. The second-order valence-corrected chi connectivity index (χ2v) is 5.98. The molecule has 1 nitrogen and oxygen atoms in total. The van der Waals surface area contributed by atoms with Crippen molar-refractivity contribution in [3.63, 3.8) is 0 Å². The van der Waals surface area contributed by atoms with E-state index in [9.17, 15) is 0 Å². The van der Waals surface area contributed by atoms with Crippen LogP contribution in [0.25, 0.3) is 0 Å². The summed E-state index contributed by atoms with van der Waals surface area (Å²) in [7, 11) is 0. The first-order valence-corrected chi connectivity index (χ1v) is 8.33. The standard InChI is InChI=1S/C15H31NS/c1-2-16(14-15-10-11-15)12-8-6-4-3-5-7-9-13-17/h15,17H,2-14H2,1H3. The minimum absolute atomic E-state index is 1.05. The smallest absolute Gasteiger partial charge is 0.000954 e. The average molecular weight is 257 g/mol. The molecule has 1 saturated carbocycles. The van der Waals surface area contributed by atoms with Gasteiger partial charge in [-0.1, -0.05) is 39.0 Å². The third-order valence-electron chi connectivity index (χ3n) is 3.79. The van der Waals surface area contributed by atoms with E-state index in [1.807, 2.05) is 0 Å². The molecule has 0 spiro atoms. The molecule has 0 atom stereocenters. The summed E-state index contributed by atoms with van der Waals surface area (Å²) in [5, 5.41) is 0. The number of unbranched alkanes of at least 4 members (excludes halogenated alkanes) is 6. The molecule has 0 aromatic heterocycles. The van der Waals surface area contributed by atoms with Gasteiger partial charge < -0.3 is 4.90 Å². The van der Waals surface area contributed by atoms with Crippen molar-refractivity contribution in [2.24, 2.45) is 5.92 Å². The van der Waals surface area contributed by atoms with Crippen LogP contribution in [0.3, 0.4) is 0 Å². The fourth-order valence-corrected chi connectivity index (χ4v) is 2.60. The van der Waals surface area contributed by atoms with Gasteiger partial charge in [-0.05, 0) is 50.4 Å². The third kappa shape index (κ3) is 8.96. The molecule has 1 fully saturated rings. The van der Waals surface area contributed by atoms with Gasteiger partial charge in [0.15, 0.2) is 0 Å². The minimum Gasteiger partial charge on any atom is -0.303 e. The molecule has 17 heavy (non-hydrogen) atoms. The molecule has 0 bridgehead atoms. The maximum absolute atomic E-state index is 4.24. The summed E-state index contributed by atoms with van der Waals surface area (Å²) in [6, 6.07) is 0. The van der Waals surface area contributed by atoms with Crippen LogP contribution in [0.1, 0.15) is 64.7 Å². The third-order valence-corrected chi connectivity index (χ3v) is 4.11. The average Bonchev–Trinajstić information content (AvgIpc) is 3.15. The summed E-state index contributed by atoms with van der Waals surface area (Å²) in [6.45, 7) is 6.26. The van der Waals surface area contributed by atoms with Gasteiger partial charge in [0.2, 0.25) is 0 Å². The van der Waals surface area contributed by atoms with Crippen molar-refractivity contribution in [2.75, 3.05) is 25.4 Å². The molecule has 0 radical (unpaired) electrons. The lowest BCUT2D eigenvalue weighted by molar-refractivity contribution is 0.269. The first kappa shape index (κ1) is 15.4. The van der Waals surface area contributed by atoms with E-state index in [0.717, 1.165) is 11.7 Å². The summed E-state index contributed by atoms with van der Waals surface area (Å²) in [5.41, 5.74) is 0. The van der Waals surface area contributed by atoms with Gasteiger partial charge in [0.05, 0.1) is 0 Å². The Kier molecular flexibility index (Phi) is 9.27. The van der Waals surface area contributed by atoms with E-state index in [2.05, 4.69) is 24.5 Å². The monoisotopic (exact) mass is 257 g/mol. The van der Waals surface area contributed by atoms with Crippen LogP contribution in [0.4, 0.5) is 0 Å². The number of rotatable bonds is 12. The van der Waals surface area contributed by atoms with Crippen molar-refractivity contribution in [2.45, 2.75) is 64.7 Å². The summed E-state index contributed by atoms with van der Waals surface area (Å²) >= 11 is 4.24. The second kappa shape index (κ2) is 10.3. The first-order valence-electron chi connectivity index (χ1n) is 7.70. The fourth-order valence-electron chi connectivity index (χ4n) is 2.38. The SMILES string of the molecule is CCN(CCCCCCCCCS)CC1CC1. The molecular weight excluding hydrogens is 226 g/mol. The second-order valence-electron chi connectivity index (χ2n) is 5.54. The van der Waals surface area contributed by atoms with Crippen molar-refractivity contribution in [1.82, 2.24) is 4.90 Å². The Morgan fingerprint density at radius 1 is 0.941 bits per heavy atom. The fraction of sp³-hybridized carbons (Fsp3) is 1.00. The van der Waals surface area contributed by atoms with Crippen molar-refractivity contribution in [1.29, 1.82) is 0 Å². The lowest BCUT2D eigenvalue weighted by Crippen LogP contribution is -2.26. The van der Waals surface area contributed by atoms with Gasteiger partial charge in [0.1, 0.15) is 0 Å². The van der Waals surface area contributed by atoms with Gasteiger partial charge in [0, 0.05) is 6.54 Å². The highest BCUT2D eigenvalue weighted by Crippen LogP contribution is 2.29. The van der Waals surface area contributed by atoms with E-state index in [1.165, 1.54) is 77.4 Å². The van der Waals surface area contributed by atoms with Crippen molar-refractivity contribution in [3.05, 3.63) is 0 Å². The van der Waals surface area contributed by atoms with E-state index in [-0.39, 0.29) is 0 Å². The molecule has 0 N–H and O–H groups in total. The zero-order valence-electron chi connectivity index (χ0n) is 11.7. The molecule has 0 aromatic rings. The Labute approximate surface area is 114 Å². The molecule has 0 amide bonds. The molecule has 0 unspecified atom stereocenters. The quantitative estimate of drug-likeness (QED) is 0.401. The summed E-state index contributed by atoms with van der Waals surface area (Å²) in [4.78, 5) is 2.65. The van der Waals surface area contributed by atoms with Gasteiger partial charge in [-0.3, -0.25) is 0 Å². The van der Waals surface area contributed by atoms with Crippen LogP contribution in [0.5, 0.6) is 0 Å². The summed E-state index contributed by atoms with van der Waals surface area (Å²) in [6.07, 6.45) is 12.8. The molecule has 0 saturated heterocycles. The zero-order chi connectivity index (χ0) is 12.3. The van der Waals surface area contributed by atoms with Crippen LogP contribution >= 0.6 is 12.6 Å². The van der Waals surface area contributed by atoms with Crippen LogP contribution in [-0.4, -0.2) is 30.3 Å². The molecule has 1 aliphatic carbocycles. The van der Waals surface area contributed by atoms with Gasteiger partial charge >= 0.3 is 0 Å². The Bertz CT molecular complexity index is 168. The molecule has 0 aliphatic heterocycles. The molecule has 2 heteroatoms. The normalized spacial score (nSPS) is 15.7. The highest BCUT2D eigenvalue weighted by Gasteiger charge is 2.23. The molecular formula is C15H31NS. The predicted molar refractivity (Wildman–Crippen MR) is 81.0 cm³/mol. The van der Waals surface area contributed by atoms with E-state index < -0.39 is 0 Å². The van der Waals surface area contributed by atoms with Crippen LogP contribution in [0.2, 0.25) is 0 Å². The highest BCUT2D eigenvalue weighted by molar-refractivity contribution is 7.80. The molecule has 1 aliphatic rings. The van der Waals surface area contributed by atoms with Crippen LogP contribution in [-0.2, 0) is 0 Å². The topological polar surface area (TPSA) is 3.24 Å². The van der Waals surface area contributed by atoms with Crippen molar-refractivity contribution in [3.8, 4) is 0 Å². The van der Waals surface area contributed by atoms with Gasteiger partial charge in [0.25, 0.3) is 0 Å². The van der Waals surface area contributed by atoms with Crippen LogP contribution < -0.4 is 0 Å². The van der Waals surface area contributed by atoms with Crippen molar-refractivity contribution < 1.29 is 0 Å². The zero-order valence-corrected chi connectivity index (χ0v) is 12.6. The largest absolute Gasteiger partial charge is 0.303 e. The Balaban J connectivity index is 1.81. The Morgan fingerprint density at radius 2 is 1.53 bits per heavy atom. The number of hydrogen-bond acceptors (Lipinski definition) is 2. The highest BCUT2D eigenvalue weighted by atomic mass is 32.1. The number of nitrogens with zero attached hydrogens (tertiary/aromatic N) is 1. The van der Waals surface area contributed by atoms with Crippen LogP contribution in [0, 0.1) is 5.92 Å². The van der Waals surface area contributed by atoms with E-state index in [0.29, 0.717) is 0 Å². The van der Waals surface area contributed by atoms with Gasteiger partial charge in [-0.15, -0.1) is 0 Å². The summed E-state index contributed by atoms with van der Waals surface area (Å²) < 4.78 is 0. The van der Waals surface area contributed by atoms with Gasteiger partial charge in [-0.25, -0.2) is 0 Å². The molecule has 102 valence electrons. The maximum Gasteiger partial charge on any atom is 0.000954 e. The lowest BCUT2D eigenvalue weighted by atomic mass is 10.1. The molecule has 1 rings (SSSR count). The Hall–Kier alpha value is 0.310. The Morgan fingerprint density at radius 3 is 2.06 bits per heavy atom. The predicted octanol–water partition coefficient (Wildman–Crippen LogP) is 4.38. The molecule has 0 heterocycles. The lowest BCUT2D eigenvalue weighted by Gasteiger charge is -2.19. The van der Waals surface area contributed by atoms with Gasteiger partial charge in [-0.2, -0.15) is 12.6 Å². The minimum atomic E-state index is 1.05. The van der Waals surface area contributed by atoms with E-state index in [1.54, 1.807) is 0 Å². The first-order chi connectivity index (χ1) is 8.36. The summed E-state index contributed by atoms with van der Waals surface area (Å²) in [5.74, 6) is 2.11.